The van der Waals surface area contributed by atoms with Gasteiger partial charge < -0.3 is 15.1 Å². The number of hydrogen-bond acceptors (Lipinski definition) is 4. The van der Waals surface area contributed by atoms with Crippen LogP contribution in [0.2, 0.25) is 0 Å². The molecule has 1 N–H and O–H groups in total. The summed E-state index contributed by atoms with van der Waals surface area (Å²) in [6.45, 7) is 5.21. The third-order valence-electron chi connectivity index (χ3n) is 4.22. The lowest BCUT2D eigenvalue weighted by Crippen LogP contribution is -2.51. The molecule has 2 heterocycles. The number of likely N-dealkylation sites (tertiary alicyclic amines) is 2. The summed E-state index contributed by atoms with van der Waals surface area (Å²) in [7, 11) is -2.94. The first kappa shape index (κ1) is 16.5. The third-order valence-corrected chi connectivity index (χ3v) is 5.32. The highest BCUT2D eigenvalue weighted by atomic mass is 32.2. The SMILES string of the molecule is C[C@@H](CS(C)(=O)=O)NC1CCN(C(=O)N2CCCC2)CC1. The highest BCUT2D eigenvalue weighted by Crippen LogP contribution is 2.16. The normalized spacial score (nSPS) is 22.6. The molecular weight excluding hydrogens is 290 g/mol. The maximum Gasteiger partial charge on any atom is 0.319 e. The summed E-state index contributed by atoms with van der Waals surface area (Å²) < 4.78 is 22.5. The third kappa shape index (κ3) is 5.14. The Morgan fingerprint density at radius 1 is 1.14 bits per heavy atom. The maximum atomic E-state index is 12.3. The number of nitrogens with one attached hydrogen (secondary N) is 1. The lowest BCUT2D eigenvalue weighted by atomic mass is 10.0. The highest BCUT2D eigenvalue weighted by molar-refractivity contribution is 7.90. The number of rotatable bonds is 4. The number of carbonyl (C=O) groups excluding carboxylic acids is 1. The van der Waals surface area contributed by atoms with Gasteiger partial charge in [0.1, 0.15) is 9.84 Å². The van der Waals surface area contributed by atoms with Crippen molar-refractivity contribution in [3.05, 3.63) is 0 Å². The molecule has 0 aliphatic carbocycles. The van der Waals surface area contributed by atoms with E-state index < -0.39 is 9.84 Å². The number of urea groups is 1. The Balaban J connectivity index is 1.74. The van der Waals surface area contributed by atoms with Crippen molar-refractivity contribution in [1.29, 1.82) is 0 Å². The highest BCUT2D eigenvalue weighted by Gasteiger charge is 2.28. The van der Waals surface area contributed by atoms with Crippen molar-refractivity contribution in [2.45, 2.75) is 44.7 Å². The second-order valence-electron chi connectivity index (χ2n) is 6.40. The Labute approximate surface area is 127 Å². The molecule has 0 saturated carbocycles. The van der Waals surface area contributed by atoms with Crippen LogP contribution in [0.25, 0.3) is 0 Å². The minimum atomic E-state index is -2.94. The van der Waals surface area contributed by atoms with Crippen LogP contribution in [0.5, 0.6) is 0 Å². The standard InChI is InChI=1S/C14H27N3O3S/c1-12(11-21(2,19)20)15-13-5-9-17(10-6-13)14(18)16-7-3-4-8-16/h12-13,15H,3-11H2,1-2H3/t12-/m0/s1. The van der Waals surface area contributed by atoms with Gasteiger partial charge in [-0.05, 0) is 32.6 Å². The van der Waals surface area contributed by atoms with E-state index >= 15 is 0 Å². The quantitative estimate of drug-likeness (QED) is 0.828. The van der Waals surface area contributed by atoms with Crippen LogP contribution in [-0.4, -0.2) is 74.5 Å². The molecule has 0 aromatic carbocycles. The van der Waals surface area contributed by atoms with E-state index in [1.165, 1.54) is 6.26 Å². The van der Waals surface area contributed by atoms with E-state index in [0.29, 0.717) is 6.04 Å². The molecule has 122 valence electrons. The molecule has 2 fully saturated rings. The first-order chi connectivity index (χ1) is 9.85. The molecule has 0 radical (unpaired) electrons. The molecule has 2 amide bonds. The Morgan fingerprint density at radius 3 is 2.19 bits per heavy atom. The van der Waals surface area contributed by atoms with Gasteiger partial charge in [-0.1, -0.05) is 0 Å². The van der Waals surface area contributed by atoms with E-state index in [1.807, 2.05) is 16.7 Å². The van der Waals surface area contributed by atoms with Gasteiger partial charge in [-0.3, -0.25) is 0 Å². The van der Waals surface area contributed by atoms with Gasteiger partial charge in [0.2, 0.25) is 0 Å². The van der Waals surface area contributed by atoms with Crippen molar-refractivity contribution in [1.82, 2.24) is 15.1 Å². The number of piperidine rings is 1. The van der Waals surface area contributed by atoms with Gasteiger partial charge in [-0.2, -0.15) is 0 Å². The van der Waals surface area contributed by atoms with Crippen LogP contribution in [0.3, 0.4) is 0 Å². The van der Waals surface area contributed by atoms with E-state index in [-0.39, 0.29) is 17.8 Å². The van der Waals surface area contributed by atoms with Crippen molar-refractivity contribution in [3.8, 4) is 0 Å². The zero-order valence-corrected chi connectivity index (χ0v) is 13.9. The Bertz CT molecular complexity index is 452. The van der Waals surface area contributed by atoms with Crippen molar-refractivity contribution in [3.63, 3.8) is 0 Å². The van der Waals surface area contributed by atoms with E-state index in [4.69, 9.17) is 0 Å². The summed E-state index contributed by atoms with van der Waals surface area (Å²) in [5, 5.41) is 3.37. The van der Waals surface area contributed by atoms with Crippen LogP contribution in [0.4, 0.5) is 4.79 Å². The molecule has 21 heavy (non-hydrogen) atoms. The summed E-state index contributed by atoms with van der Waals surface area (Å²) in [4.78, 5) is 16.1. The summed E-state index contributed by atoms with van der Waals surface area (Å²) in [6.07, 6.45) is 5.30. The van der Waals surface area contributed by atoms with Crippen LogP contribution in [0.15, 0.2) is 0 Å². The molecule has 0 unspecified atom stereocenters. The van der Waals surface area contributed by atoms with Gasteiger partial charge in [0, 0.05) is 44.5 Å². The summed E-state index contributed by atoms with van der Waals surface area (Å²) >= 11 is 0. The fourth-order valence-corrected chi connectivity index (χ4v) is 4.25. The number of nitrogens with zero attached hydrogens (tertiary/aromatic N) is 2. The minimum Gasteiger partial charge on any atom is -0.325 e. The monoisotopic (exact) mass is 317 g/mol. The molecule has 0 spiro atoms. The predicted molar refractivity (Wildman–Crippen MR) is 83.1 cm³/mol. The molecule has 2 rings (SSSR count). The molecule has 2 aliphatic heterocycles. The molecule has 2 aliphatic rings. The van der Waals surface area contributed by atoms with Gasteiger partial charge >= 0.3 is 6.03 Å². The van der Waals surface area contributed by atoms with Crippen LogP contribution < -0.4 is 5.32 Å². The average molecular weight is 317 g/mol. The van der Waals surface area contributed by atoms with E-state index in [2.05, 4.69) is 5.32 Å². The zero-order valence-electron chi connectivity index (χ0n) is 13.0. The second kappa shape index (κ2) is 6.96. The van der Waals surface area contributed by atoms with Crippen LogP contribution in [0, 0.1) is 0 Å². The van der Waals surface area contributed by atoms with Crippen molar-refractivity contribution >= 4 is 15.9 Å². The molecule has 7 heteroatoms. The molecule has 1 atom stereocenters. The van der Waals surface area contributed by atoms with Gasteiger partial charge in [-0.25, -0.2) is 13.2 Å². The summed E-state index contributed by atoms with van der Waals surface area (Å²) in [6, 6.07) is 0.449. The second-order valence-corrected chi connectivity index (χ2v) is 8.58. The zero-order chi connectivity index (χ0) is 15.5. The Hall–Kier alpha value is -0.820. The largest absolute Gasteiger partial charge is 0.325 e. The lowest BCUT2D eigenvalue weighted by molar-refractivity contribution is 0.144. The van der Waals surface area contributed by atoms with Crippen molar-refractivity contribution < 1.29 is 13.2 Å². The molecule has 0 aromatic rings. The Kier molecular flexibility index (Phi) is 5.48. The van der Waals surface area contributed by atoms with Crippen LogP contribution >= 0.6 is 0 Å². The summed E-state index contributed by atoms with van der Waals surface area (Å²) in [5.41, 5.74) is 0. The number of amides is 2. The van der Waals surface area contributed by atoms with E-state index in [1.54, 1.807) is 0 Å². The van der Waals surface area contributed by atoms with Gasteiger partial charge in [0.15, 0.2) is 0 Å². The molecule has 2 saturated heterocycles. The van der Waals surface area contributed by atoms with Crippen molar-refractivity contribution in [2.75, 3.05) is 38.2 Å². The Morgan fingerprint density at radius 2 is 1.67 bits per heavy atom. The number of sulfone groups is 1. The van der Waals surface area contributed by atoms with Crippen LogP contribution in [0.1, 0.15) is 32.6 Å². The first-order valence-electron chi connectivity index (χ1n) is 7.83. The average Bonchev–Trinajstić information content (AvgIpc) is 2.90. The fourth-order valence-electron chi connectivity index (χ4n) is 3.25. The number of hydrogen-bond donors (Lipinski definition) is 1. The van der Waals surface area contributed by atoms with E-state index in [9.17, 15) is 13.2 Å². The molecule has 6 nitrogen and oxygen atoms in total. The van der Waals surface area contributed by atoms with Gasteiger partial charge in [0.25, 0.3) is 0 Å². The van der Waals surface area contributed by atoms with E-state index in [0.717, 1.165) is 51.9 Å². The fraction of sp³-hybridized carbons (Fsp3) is 0.929. The summed E-state index contributed by atoms with van der Waals surface area (Å²) in [5.74, 6) is 0.167. The maximum absolute atomic E-state index is 12.3. The first-order valence-corrected chi connectivity index (χ1v) is 9.89. The molecular formula is C14H27N3O3S. The van der Waals surface area contributed by atoms with Gasteiger partial charge in [0.05, 0.1) is 5.75 Å². The van der Waals surface area contributed by atoms with Crippen LogP contribution in [-0.2, 0) is 9.84 Å². The van der Waals surface area contributed by atoms with Crippen molar-refractivity contribution in [2.24, 2.45) is 0 Å². The molecule has 0 bridgehead atoms. The van der Waals surface area contributed by atoms with Gasteiger partial charge in [-0.15, -0.1) is 0 Å². The lowest BCUT2D eigenvalue weighted by Gasteiger charge is -2.35. The predicted octanol–water partition coefficient (Wildman–Crippen LogP) is 0.689. The molecule has 0 aromatic heterocycles. The number of carbonyl (C=O) groups is 1. The topological polar surface area (TPSA) is 69.7 Å². The smallest absolute Gasteiger partial charge is 0.319 e. The minimum absolute atomic E-state index is 0.0363.